The van der Waals surface area contributed by atoms with E-state index < -0.39 is 0 Å². The van der Waals surface area contributed by atoms with Crippen molar-refractivity contribution in [2.24, 2.45) is 0 Å². The number of ether oxygens (including phenoxy) is 3. The first-order valence-corrected chi connectivity index (χ1v) is 8.48. The number of anilines is 1. The number of methoxy groups -OCH3 is 2. The molecule has 0 aliphatic heterocycles. The van der Waals surface area contributed by atoms with E-state index in [4.69, 9.17) is 14.2 Å². The highest BCUT2D eigenvalue weighted by molar-refractivity contribution is 5.91. The quantitative estimate of drug-likeness (QED) is 0.606. The first-order chi connectivity index (χ1) is 12.6. The van der Waals surface area contributed by atoms with Crippen molar-refractivity contribution in [1.82, 2.24) is 5.32 Å². The summed E-state index contributed by atoms with van der Waals surface area (Å²) in [5.74, 6) is 0.910. The number of carbonyl (C=O) groups is 1. The monoisotopic (exact) mass is 394 g/mol. The van der Waals surface area contributed by atoms with Crippen LogP contribution < -0.4 is 20.1 Å². The molecule has 1 amide bonds. The Kier molecular flexibility index (Phi) is 10.3. The molecule has 0 spiro atoms. The van der Waals surface area contributed by atoms with E-state index in [0.717, 1.165) is 23.4 Å². The van der Waals surface area contributed by atoms with Gasteiger partial charge in [0.25, 0.3) is 5.91 Å². The van der Waals surface area contributed by atoms with Crippen LogP contribution in [0.1, 0.15) is 11.1 Å². The molecule has 0 saturated carbocycles. The van der Waals surface area contributed by atoms with Gasteiger partial charge in [0.15, 0.2) is 18.1 Å². The standard InChI is InChI=1S/C20H26N2O4.ClH/c1-15-4-7-17(8-5-15)22-20(23)14-26-18-9-6-16(12-19(18)25-3)13-21-10-11-24-2;/h4-9,12,21H,10-11,13-14H2,1-3H3,(H,22,23);1H. The lowest BCUT2D eigenvalue weighted by atomic mass is 10.2. The topological polar surface area (TPSA) is 68.8 Å². The summed E-state index contributed by atoms with van der Waals surface area (Å²) in [5, 5.41) is 6.07. The summed E-state index contributed by atoms with van der Waals surface area (Å²) < 4.78 is 16.0. The Hall–Kier alpha value is -2.28. The van der Waals surface area contributed by atoms with Gasteiger partial charge in [-0.1, -0.05) is 23.8 Å². The summed E-state index contributed by atoms with van der Waals surface area (Å²) in [7, 11) is 3.25. The van der Waals surface area contributed by atoms with Crippen molar-refractivity contribution in [2.75, 3.05) is 39.3 Å². The molecule has 6 nitrogen and oxygen atoms in total. The van der Waals surface area contributed by atoms with E-state index >= 15 is 0 Å². The Balaban J connectivity index is 0.00000364. The van der Waals surface area contributed by atoms with E-state index in [-0.39, 0.29) is 24.9 Å². The van der Waals surface area contributed by atoms with E-state index in [9.17, 15) is 4.79 Å². The molecule has 2 N–H and O–H groups in total. The molecule has 0 aliphatic rings. The van der Waals surface area contributed by atoms with Crippen molar-refractivity contribution >= 4 is 24.0 Å². The van der Waals surface area contributed by atoms with Crippen LogP contribution in [0.15, 0.2) is 42.5 Å². The van der Waals surface area contributed by atoms with Crippen LogP contribution in [0, 0.1) is 6.92 Å². The van der Waals surface area contributed by atoms with Crippen molar-refractivity contribution in [3.05, 3.63) is 53.6 Å². The minimum atomic E-state index is -0.221. The zero-order valence-corrected chi connectivity index (χ0v) is 16.7. The van der Waals surface area contributed by atoms with Crippen molar-refractivity contribution in [3.8, 4) is 11.5 Å². The number of nitrogens with one attached hydrogen (secondary N) is 2. The SMILES string of the molecule is COCCNCc1ccc(OCC(=O)Nc2ccc(C)cc2)c(OC)c1.Cl. The molecule has 0 unspecified atom stereocenters. The minimum absolute atomic E-state index is 0. The average molecular weight is 395 g/mol. The molecule has 2 rings (SSSR count). The molecule has 0 bridgehead atoms. The van der Waals surface area contributed by atoms with Crippen molar-refractivity contribution in [1.29, 1.82) is 0 Å². The summed E-state index contributed by atoms with van der Waals surface area (Å²) in [6.45, 7) is 4.05. The second kappa shape index (κ2) is 12.2. The van der Waals surface area contributed by atoms with Gasteiger partial charge in [-0.15, -0.1) is 12.4 Å². The first-order valence-electron chi connectivity index (χ1n) is 8.48. The number of rotatable bonds is 10. The minimum Gasteiger partial charge on any atom is -0.493 e. The molecule has 2 aromatic carbocycles. The Bertz CT molecular complexity index is 708. The summed E-state index contributed by atoms with van der Waals surface area (Å²) in [4.78, 5) is 12.0. The number of benzene rings is 2. The van der Waals surface area contributed by atoms with Gasteiger partial charge in [-0.3, -0.25) is 4.79 Å². The van der Waals surface area contributed by atoms with Gasteiger partial charge < -0.3 is 24.8 Å². The largest absolute Gasteiger partial charge is 0.493 e. The molecule has 0 atom stereocenters. The summed E-state index contributed by atoms with van der Waals surface area (Å²) in [6.07, 6.45) is 0. The number of amides is 1. The Labute approximate surface area is 166 Å². The average Bonchev–Trinajstić information content (AvgIpc) is 2.65. The van der Waals surface area contributed by atoms with Crippen LogP contribution in [0.5, 0.6) is 11.5 Å². The lowest BCUT2D eigenvalue weighted by Gasteiger charge is -2.13. The number of aryl methyl sites for hydroxylation is 1. The van der Waals surface area contributed by atoms with Crippen LogP contribution in [0.4, 0.5) is 5.69 Å². The second-order valence-corrected chi connectivity index (χ2v) is 5.86. The molecule has 0 aliphatic carbocycles. The van der Waals surface area contributed by atoms with Crippen LogP contribution in [-0.4, -0.2) is 39.9 Å². The third kappa shape index (κ3) is 7.86. The van der Waals surface area contributed by atoms with Crippen LogP contribution in [0.3, 0.4) is 0 Å². The maximum atomic E-state index is 12.0. The zero-order valence-electron chi connectivity index (χ0n) is 15.9. The normalized spacial score (nSPS) is 10.0. The van der Waals surface area contributed by atoms with E-state index in [2.05, 4.69) is 10.6 Å². The predicted molar refractivity (Wildman–Crippen MR) is 109 cm³/mol. The van der Waals surface area contributed by atoms with Crippen LogP contribution in [0.2, 0.25) is 0 Å². The van der Waals surface area contributed by atoms with Gasteiger partial charge in [0.1, 0.15) is 0 Å². The van der Waals surface area contributed by atoms with Gasteiger partial charge in [0.2, 0.25) is 0 Å². The van der Waals surface area contributed by atoms with Crippen molar-refractivity contribution < 1.29 is 19.0 Å². The van der Waals surface area contributed by atoms with E-state index in [1.165, 1.54) is 0 Å². The number of hydrogen-bond acceptors (Lipinski definition) is 5. The van der Waals surface area contributed by atoms with Gasteiger partial charge in [-0.2, -0.15) is 0 Å². The van der Waals surface area contributed by atoms with E-state index in [1.54, 1.807) is 14.2 Å². The molecular weight excluding hydrogens is 368 g/mol. The molecule has 0 heterocycles. The van der Waals surface area contributed by atoms with Crippen LogP contribution >= 0.6 is 12.4 Å². The fraction of sp³-hybridized carbons (Fsp3) is 0.350. The third-order valence-electron chi connectivity index (χ3n) is 3.73. The maximum absolute atomic E-state index is 12.0. The molecule has 148 valence electrons. The second-order valence-electron chi connectivity index (χ2n) is 5.86. The number of halogens is 1. The molecule has 0 saturated heterocycles. The number of hydrogen-bond donors (Lipinski definition) is 2. The van der Waals surface area contributed by atoms with E-state index in [1.807, 2.05) is 49.4 Å². The highest BCUT2D eigenvalue weighted by Gasteiger charge is 2.09. The van der Waals surface area contributed by atoms with E-state index in [0.29, 0.717) is 24.7 Å². The molecular formula is C20H27ClN2O4. The lowest BCUT2D eigenvalue weighted by molar-refractivity contribution is -0.118. The van der Waals surface area contributed by atoms with Crippen molar-refractivity contribution in [3.63, 3.8) is 0 Å². The number of carbonyl (C=O) groups excluding carboxylic acids is 1. The first kappa shape index (κ1) is 22.8. The van der Waals surface area contributed by atoms with Crippen LogP contribution in [0.25, 0.3) is 0 Å². The predicted octanol–water partition coefficient (Wildman–Crippen LogP) is 3.18. The fourth-order valence-corrected chi connectivity index (χ4v) is 2.33. The zero-order chi connectivity index (χ0) is 18.8. The van der Waals surface area contributed by atoms with Gasteiger partial charge in [-0.25, -0.2) is 0 Å². The van der Waals surface area contributed by atoms with Gasteiger partial charge in [-0.05, 0) is 36.8 Å². The molecule has 0 aromatic heterocycles. The fourth-order valence-electron chi connectivity index (χ4n) is 2.33. The molecule has 0 radical (unpaired) electrons. The highest BCUT2D eigenvalue weighted by atomic mass is 35.5. The molecule has 7 heteroatoms. The third-order valence-corrected chi connectivity index (χ3v) is 3.73. The van der Waals surface area contributed by atoms with Gasteiger partial charge in [0, 0.05) is 25.9 Å². The summed E-state index contributed by atoms with van der Waals surface area (Å²) in [5.41, 5.74) is 2.95. The summed E-state index contributed by atoms with van der Waals surface area (Å²) in [6, 6.07) is 13.3. The molecule has 27 heavy (non-hydrogen) atoms. The Morgan fingerprint density at radius 1 is 1.04 bits per heavy atom. The van der Waals surface area contributed by atoms with Gasteiger partial charge in [0.05, 0.1) is 13.7 Å². The van der Waals surface area contributed by atoms with Crippen molar-refractivity contribution in [2.45, 2.75) is 13.5 Å². The molecule has 2 aromatic rings. The smallest absolute Gasteiger partial charge is 0.262 e. The Morgan fingerprint density at radius 2 is 1.78 bits per heavy atom. The lowest BCUT2D eigenvalue weighted by Crippen LogP contribution is -2.20. The Morgan fingerprint density at radius 3 is 2.44 bits per heavy atom. The highest BCUT2D eigenvalue weighted by Crippen LogP contribution is 2.28. The van der Waals surface area contributed by atoms with Crippen LogP contribution in [-0.2, 0) is 16.1 Å². The maximum Gasteiger partial charge on any atom is 0.262 e. The molecule has 0 fully saturated rings. The summed E-state index contributed by atoms with van der Waals surface area (Å²) >= 11 is 0. The van der Waals surface area contributed by atoms with Gasteiger partial charge >= 0.3 is 0 Å².